The molecule has 0 bridgehead atoms. The Morgan fingerprint density at radius 3 is 2.07 bits per heavy atom. The summed E-state index contributed by atoms with van der Waals surface area (Å²) in [5.41, 5.74) is 5.33. The molecule has 3 N–H and O–H groups in total. The highest BCUT2D eigenvalue weighted by Gasteiger charge is 2.38. The quantitative estimate of drug-likeness (QED) is 0.296. The number of rotatable bonds is 7. The van der Waals surface area contributed by atoms with Crippen molar-refractivity contribution in [2.45, 2.75) is 92.8 Å². The third-order valence-electron chi connectivity index (χ3n) is 7.44. The van der Waals surface area contributed by atoms with E-state index in [0.29, 0.717) is 40.8 Å². The Bertz CT molecular complexity index is 1500. The molecule has 0 aromatic heterocycles. The van der Waals surface area contributed by atoms with Crippen LogP contribution in [0.25, 0.3) is 6.08 Å². The third-order valence-corrected chi connectivity index (χ3v) is 7.44. The number of benzene rings is 2. The Morgan fingerprint density at radius 2 is 1.46 bits per heavy atom. The van der Waals surface area contributed by atoms with Gasteiger partial charge in [-0.25, -0.2) is 0 Å². The fraction of sp³-hybridized carbons (Fsp3) is 0.400. The molecular formula is C35H42O6. The summed E-state index contributed by atoms with van der Waals surface area (Å²) < 4.78 is 12.7. The van der Waals surface area contributed by atoms with Crippen LogP contribution in [0.3, 0.4) is 0 Å². The first-order valence-electron chi connectivity index (χ1n) is 14.2. The molecule has 2 aliphatic rings. The SMILES string of the molecule is CC(C)=CCc1cc2c(c(O)c1C1CC(=O)c3c(O)c(CC=C(C)C)c(O)c(CC=C(C)C)c3O1)C=CC(C)(C)O2. The van der Waals surface area contributed by atoms with Crippen molar-refractivity contribution in [3.63, 3.8) is 0 Å². The van der Waals surface area contributed by atoms with Gasteiger partial charge in [-0.05, 0) is 98.4 Å². The number of ether oxygens (including phenoxy) is 2. The maximum Gasteiger partial charge on any atom is 0.174 e. The average molecular weight is 559 g/mol. The molecule has 0 amide bonds. The summed E-state index contributed by atoms with van der Waals surface area (Å²) in [7, 11) is 0. The summed E-state index contributed by atoms with van der Waals surface area (Å²) in [6, 6.07) is 1.92. The number of carbonyl (C=O) groups is 1. The third kappa shape index (κ3) is 6.22. The van der Waals surface area contributed by atoms with E-state index in [9.17, 15) is 20.1 Å². The van der Waals surface area contributed by atoms with Crippen molar-refractivity contribution in [2.24, 2.45) is 0 Å². The maximum absolute atomic E-state index is 13.8. The van der Waals surface area contributed by atoms with E-state index >= 15 is 0 Å². The minimum Gasteiger partial charge on any atom is -0.507 e. The number of fused-ring (bicyclic) bond motifs is 2. The van der Waals surface area contributed by atoms with Crippen LogP contribution >= 0.6 is 0 Å². The summed E-state index contributed by atoms with van der Waals surface area (Å²) in [6.45, 7) is 15.7. The van der Waals surface area contributed by atoms with Gasteiger partial charge in [0.15, 0.2) is 5.78 Å². The summed E-state index contributed by atoms with van der Waals surface area (Å²) in [4.78, 5) is 13.8. The monoisotopic (exact) mass is 558 g/mol. The van der Waals surface area contributed by atoms with Gasteiger partial charge in [0.1, 0.15) is 46.0 Å². The fourth-order valence-electron chi connectivity index (χ4n) is 5.23. The molecule has 218 valence electrons. The second-order valence-electron chi connectivity index (χ2n) is 12.3. The van der Waals surface area contributed by atoms with Crippen LogP contribution in [0.1, 0.15) is 106 Å². The van der Waals surface area contributed by atoms with E-state index in [1.54, 1.807) is 0 Å². The lowest BCUT2D eigenvalue weighted by molar-refractivity contribution is 0.0838. The van der Waals surface area contributed by atoms with E-state index in [1.165, 1.54) is 0 Å². The number of aromatic hydroxyl groups is 3. The number of hydrogen-bond acceptors (Lipinski definition) is 6. The van der Waals surface area contributed by atoms with Gasteiger partial charge in [0.25, 0.3) is 0 Å². The molecule has 0 radical (unpaired) electrons. The zero-order valence-corrected chi connectivity index (χ0v) is 25.4. The Labute approximate surface area is 243 Å². The summed E-state index contributed by atoms with van der Waals surface area (Å²) in [5, 5.41) is 34.2. The number of hydrogen-bond donors (Lipinski definition) is 3. The highest BCUT2D eigenvalue weighted by Crippen LogP contribution is 2.51. The van der Waals surface area contributed by atoms with Crippen molar-refractivity contribution in [1.29, 1.82) is 0 Å². The molecule has 6 nitrogen and oxygen atoms in total. The lowest BCUT2D eigenvalue weighted by Crippen LogP contribution is -2.28. The first-order chi connectivity index (χ1) is 19.2. The van der Waals surface area contributed by atoms with E-state index in [-0.39, 0.29) is 47.2 Å². The largest absolute Gasteiger partial charge is 0.507 e. The highest BCUT2D eigenvalue weighted by atomic mass is 16.5. The smallest absolute Gasteiger partial charge is 0.174 e. The van der Waals surface area contributed by atoms with Crippen molar-refractivity contribution >= 4 is 11.9 Å². The first kappa shape index (κ1) is 30.0. The van der Waals surface area contributed by atoms with Gasteiger partial charge in [-0.1, -0.05) is 34.9 Å². The molecule has 2 aromatic rings. The average Bonchev–Trinajstić information content (AvgIpc) is 2.85. The number of Topliss-reactive ketones (excluding diaryl/α,β-unsaturated/α-hetero) is 1. The van der Waals surface area contributed by atoms with Gasteiger partial charge in [0.2, 0.25) is 0 Å². The van der Waals surface area contributed by atoms with Crippen LogP contribution in [0.15, 0.2) is 47.1 Å². The number of phenols is 3. The lowest BCUT2D eigenvalue weighted by Gasteiger charge is -2.33. The van der Waals surface area contributed by atoms with Gasteiger partial charge in [-0.15, -0.1) is 0 Å². The normalized spacial score (nSPS) is 16.6. The van der Waals surface area contributed by atoms with Crippen LogP contribution in [-0.2, 0) is 19.3 Å². The van der Waals surface area contributed by atoms with Crippen LogP contribution in [0.5, 0.6) is 28.7 Å². The predicted octanol–water partition coefficient (Wildman–Crippen LogP) is 8.22. The van der Waals surface area contributed by atoms with E-state index in [1.807, 2.05) is 85.8 Å². The van der Waals surface area contributed by atoms with Gasteiger partial charge in [0.05, 0.1) is 12.0 Å². The van der Waals surface area contributed by atoms with E-state index in [0.717, 1.165) is 22.3 Å². The highest BCUT2D eigenvalue weighted by molar-refractivity contribution is 6.04. The number of allylic oxidation sites excluding steroid dienone is 6. The van der Waals surface area contributed by atoms with Gasteiger partial charge in [-0.2, -0.15) is 0 Å². The molecule has 0 aliphatic carbocycles. The van der Waals surface area contributed by atoms with Crippen molar-refractivity contribution in [3.8, 4) is 28.7 Å². The second-order valence-corrected chi connectivity index (χ2v) is 12.3. The number of carbonyl (C=O) groups excluding carboxylic acids is 1. The zero-order chi connectivity index (χ0) is 30.2. The minimum atomic E-state index is -0.822. The lowest BCUT2D eigenvalue weighted by atomic mass is 9.86. The van der Waals surface area contributed by atoms with Crippen LogP contribution in [0, 0.1) is 0 Å². The zero-order valence-electron chi connectivity index (χ0n) is 25.4. The number of ketones is 1. The van der Waals surface area contributed by atoms with E-state index in [4.69, 9.17) is 9.47 Å². The predicted molar refractivity (Wildman–Crippen MR) is 163 cm³/mol. The molecule has 0 spiro atoms. The molecule has 0 saturated heterocycles. The molecule has 1 unspecified atom stereocenters. The molecule has 6 heteroatoms. The molecule has 2 aromatic carbocycles. The standard InChI is InChI=1S/C35H42O6/c1-19(2)9-12-22-17-27-23(15-16-35(7,8)41-27)32(38)29(22)28-18-26(36)30-33(39)24(13-10-20(3)4)31(37)25(34(30)40-28)14-11-21(5)6/h9-11,15-17,28,37-39H,12-14,18H2,1-8H3. The van der Waals surface area contributed by atoms with Crippen LogP contribution in [0.4, 0.5) is 0 Å². The van der Waals surface area contributed by atoms with Gasteiger partial charge >= 0.3 is 0 Å². The molecule has 1 atom stereocenters. The Hall–Kier alpha value is -3.93. The molecule has 2 aliphatic heterocycles. The van der Waals surface area contributed by atoms with Crippen molar-refractivity contribution in [1.82, 2.24) is 0 Å². The molecule has 2 heterocycles. The first-order valence-corrected chi connectivity index (χ1v) is 14.2. The molecule has 0 saturated carbocycles. The Kier molecular flexibility index (Phi) is 8.44. The van der Waals surface area contributed by atoms with Gasteiger partial charge in [0, 0.05) is 16.7 Å². The van der Waals surface area contributed by atoms with Gasteiger partial charge < -0.3 is 24.8 Å². The van der Waals surface area contributed by atoms with Crippen molar-refractivity contribution in [3.05, 3.63) is 80.5 Å². The number of phenolic OH excluding ortho intramolecular Hbond substituents is 3. The Morgan fingerprint density at radius 1 is 0.878 bits per heavy atom. The molecule has 41 heavy (non-hydrogen) atoms. The second kappa shape index (κ2) is 11.5. The summed E-state index contributed by atoms with van der Waals surface area (Å²) >= 11 is 0. The molecular weight excluding hydrogens is 516 g/mol. The Balaban J connectivity index is 1.92. The fourth-order valence-corrected chi connectivity index (χ4v) is 5.23. The maximum atomic E-state index is 13.8. The van der Waals surface area contributed by atoms with Gasteiger partial charge in [-0.3, -0.25) is 4.79 Å². The van der Waals surface area contributed by atoms with E-state index in [2.05, 4.69) is 6.08 Å². The van der Waals surface area contributed by atoms with Crippen molar-refractivity contribution in [2.75, 3.05) is 0 Å². The molecule has 4 rings (SSSR count). The van der Waals surface area contributed by atoms with Crippen molar-refractivity contribution < 1.29 is 29.6 Å². The topological polar surface area (TPSA) is 96.2 Å². The molecule has 0 fully saturated rings. The summed E-state index contributed by atoms with van der Waals surface area (Å²) in [6.07, 6.45) is 9.87. The minimum absolute atomic E-state index is 0.00660. The van der Waals surface area contributed by atoms with Crippen LogP contribution in [-0.4, -0.2) is 26.7 Å². The van der Waals surface area contributed by atoms with E-state index < -0.39 is 11.7 Å². The van der Waals surface area contributed by atoms with Crippen LogP contribution < -0.4 is 9.47 Å². The van der Waals surface area contributed by atoms with Crippen LogP contribution in [0.2, 0.25) is 0 Å². The summed E-state index contributed by atoms with van der Waals surface area (Å²) in [5.74, 6) is 0.107.